The monoisotopic (exact) mass is 632 g/mol. The van der Waals surface area contributed by atoms with E-state index in [1.807, 2.05) is 32.0 Å². The summed E-state index contributed by atoms with van der Waals surface area (Å²) in [6.45, 7) is 9.07. The molecule has 3 atom stereocenters. The molecule has 1 amide bonds. The fraction of sp³-hybridized carbons (Fsp3) is 0.515. The van der Waals surface area contributed by atoms with Gasteiger partial charge in [0, 0.05) is 37.2 Å². The number of carbonyl (C=O) groups is 1. The number of hydrogen-bond acceptors (Lipinski definition) is 10. The molecule has 238 valence electrons. The second-order valence-electron chi connectivity index (χ2n) is 13.9. The van der Waals surface area contributed by atoms with Crippen LogP contribution >= 0.6 is 0 Å². The molecule has 11 nitrogen and oxygen atoms in total. The average Bonchev–Trinajstić information content (AvgIpc) is 3.54. The summed E-state index contributed by atoms with van der Waals surface area (Å²) in [5, 5.41) is 3.20. The van der Waals surface area contributed by atoms with Crippen LogP contribution in [0, 0.1) is 11.3 Å². The molecule has 2 aliphatic heterocycles. The summed E-state index contributed by atoms with van der Waals surface area (Å²) in [5.41, 5.74) is 0.740. The number of fused-ring (bicyclic) bond motifs is 5. The Balaban J connectivity index is 1.26. The normalized spacial score (nSPS) is 29.6. The molecule has 3 aromatic rings. The Morgan fingerprint density at radius 3 is 2.58 bits per heavy atom. The largest absolute Gasteiger partial charge is 0.474 e. The number of sulfonamides is 1. The van der Waals surface area contributed by atoms with E-state index >= 15 is 0 Å². The lowest BCUT2D eigenvalue weighted by Crippen LogP contribution is -2.42. The summed E-state index contributed by atoms with van der Waals surface area (Å²) in [6, 6.07) is 13.6. The Hall–Kier alpha value is -3.77. The van der Waals surface area contributed by atoms with Crippen LogP contribution in [-0.4, -0.2) is 59.7 Å². The molecule has 2 aliphatic carbocycles. The van der Waals surface area contributed by atoms with E-state index in [0.717, 1.165) is 37.8 Å². The first-order chi connectivity index (χ1) is 21.4. The zero-order valence-corrected chi connectivity index (χ0v) is 26.9. The predicted octanol–water partition coefficient (Wildman–Crippen LogP) is 4.88. The topological polar surface area (TPSA) is 136 Å². The maximum atomic E-state index is 13.7. The maximum absolute atomic E-state index is 13.7. The highest BCUT2D eigenvalue weighted by atomic mass is 32.2. The fourth-order valence-electron chi connectivity index (χ4n) is 7.41. The number of aromatic nitrogens is 3. The van der Waals surface area contributed by atoms with Gasteiger partial charge in [-0.3, -0.25) is 9.78 Å². The molecule has 0 radical (unpaired) electrons. The number of hydrogen-bond donors (Lipinski definition) is 2. The first-order valence-corrected chi connectivity index (χ1v) is 17.2. The number of rotatable bonds is 5. The van der Waals surface area contributed by atoms with Crippen LogP contribution in [0.4, 0.5) is 11.6 Å². The van der Waals surface area contributed by atoms with Gasteiger partial charge in [0.15, 0.2) is 5.03 Å². The van der Waals surface area contributed by atoms with Crippen LogP contribution in [0.2, 0.25) is 0 Å². The number of pyridine rings is 3. The van der Waals surface area contributed by atoms with E-state index in [9.17, 15) is 13.2 Å². The van der Waals surface area contributed by atoms with Crippen LogP contribution < -0.4 is 19.7 Å². The minimum atomic E-state index is -4.30. The molecular formula is C33H40N6O5S. The summed E-state index contributed by atoms with van der Waals surface area (Å²) < 4.78 is 41.3. The second kappa shape index (κ2) is 10.9. The van der Waals surface area contributed by atoms with Gasteiger partial charge in [-0.25, -0.2) is 9.71 Å². The number of ether oxygens (including phenoxy) is 2. The minimum Gasteiger partial charge on any atom is -0.474 e. The van der Waals surface area contributed by atoms with Crippen LogP contribution in [0.1, 0.15) is 81.9 Å². The van der Waals surface area contributed by atoms with Crippen LogP contribution in [0.5, 0.6) is 5.88 Å². The first kappa shape index (κ1) is 29.9. The van der Waals surface area contributed by atoms with Crippen LogP contribution in [0.3, 0.4) is 0 Å². The van der Waals surface area contributed by atoms with Gasteiger partial charge in [-0.1, -0.05) is 12.1 Å². The van der Waals surface area contributed by atoms with Gasteiger partial charge in [-0.2, -0.15) is 13.4 Å². The van der Waals surface area contributed by atoms with Crippen LogP contribution in [0.25, 0.3) is 0 Å². The molecule has 45 heavy (non-hydrogen) atoms. The molecule has 7 rings (SSSR count). The zero-order chi connectivity index (χ0) is 31.6. The Morgan fingerprint density at radius 2 is 1.82 bits per heavy atom. The zero-order valence-electron chi connectivity index (χ0n) is 26.1. The van der Waals surface area contributed by atoms with Gasteiger partial charge < -0.3 is 19.7 Å². The van der Waals surface area contributed by atoms with E-state index in [0.29, 0.717) is 30.0 Å². The van der Waals surface area contributed by atoms with Crippen molar-refractivity contribution in [3.8, 4) is 5.88 Å². The van der Waals surface area contributed by atoms with Crippen molar-refractivity contribution < 1.29 is 22.7 Å². The molecule has 4 bridgehead atoms. The molecule has 0 aromatic carbocycles. The number of amides is 1. The average molecular weight is 633 g/mol. The number of nitrogens with one attached hydrogen (secondary N) is 2. The fourth-order valence-corrected chi connectivity index (χ4v) is 8.35. The summed E-state index contributed by atoms with van der Waals surface area (Å²) in [7, 11) is -4.30. The maximum Gasteiger partial charge on any atom is 0.281 e. The highest BCUT2D eigenvalue weighted by Gasteiger charge is 2.63. The highest BCUT2D eigenvalue weighted by molar-refractivity contribution is 7.90. The number of anilines is 2. The van der Waals surface area contributed by atoms with Gasteiger partial charge in [0.25, 0.3) is 15.9 Å². The Kier molecular flexibility index (Phi) is 7.27. The summed E-state index contributed by atoms with van der Waals surface area (Å²) in [4.78, 5) is 29.8. The van der Waals surface area contributed by atoms with E-state index < -0.39 is 15.9 Å². The molecule has 1 saturated heterocycles. The second-order valence-corrected chi connectivity index (χ2v) is 15.5. The third kappa shape index (κ3) is 5.85. The molecule has 2 unspecified atom stereocenters. The van der Waals surface area contributed by atoms with Crippen molar-refractivity contribution in [3.63, 3.8) is 0 Å². The lowest BCUT2D eigenvalue weighted by atomic mass is 9.90. The number of nitrogens with zero attached hydrogens (tertiary/aromatic N) is 4. The molecule has 5 heterocycles. The van der Waals surface area contributed by atoms with Gasteiger partial charge in [-0.05, 0) is 88.6 Å². The Bertz CT molecular complexity index is 1710. The summed E-state index contributed by atoms with van der Waals surface area (Å²) in [6.07, 6.45) is 6.35. The van der Waals surface area contributed by atoms with Gasteiger partial charge in [0.2, 0.25) is 5.88 Å². The van der Waals surface area contributed by atoms with Crippen molar-refractivity contribution in [2.75, 3.05) is 16.8 Å². The predicted molar refractivity (Wildman–Crippen MR) is 169 cm³/mol. The minimum absolute atomic E-state index is 0.0292. The molecule has 3 aromatic heterocycles. The van der Waals surface area contributed by atoms with Gasteiger partial charge in [-0.15, -0.1) is 0 Å². The lowest BCUT2D eigenvalue weighted by Gasteiger charge is -2.37. The van der Waals surface area contributed by atoms with Crippen molar-refractivity contribution in [3.05, 3.63) is 66.0 Å². The van der Waals surface area contributed by atoms with Crippen molar-refractivity contribution in [1.29, 1.82) is 0 Å². The van der Waals surface area contributed by atoms with Gasteiger partial charge >= 0.3 is 0 Å². The van der Waals surface area contributed by atoms with Gasteiger partial charge in [0.1, 0.15) is 17.7 Å². The van der Waals surface area contributed by atoms with E-state index in [1.165, 1.54) is 6.07 Å². The van der Waals surface area contributed by atoms with E-state index in [4.69, 9.17) is 14.5 Å². The van der Waals surface area contributed by atoms with Crippen LogP contribution in [0.15, 0.2) is 59.8 Å². The molecule has 2 N–H and O–H groups in total. The molecule has 4 aliphatic rings. The van der Waals surface area contributed by atoms with Crippen molar-refractivity contribution >= 4 is 27.6 Å². The quantitative estimate of drug-likeness (QED) is 0.401. The standard InChI is InChI=1S/C33H40N6O5S/c1-20(2)43-22-15-23(16-22)44-28-12-11-24-30(37-28)39-19-33(18-32(39,3)4)17-21(33)14-26(25-8-5-6-13-34-25)35-27-9-7-10-29(36-27)45(41,42)38-31(24)40/h5-13,20-23,26H,14-19H2,1-4H3,(H,35,36)(H,38,40)/t21?,22?,23?,26-,33?/m1/s1. The Morgan fingerprint density at radius 1 is 1.00 bits per heavy atom. The van der Waals surface area contributed by atoms with E-state index in [2.05, 4.69) is 38.8 Å². The summed E-state index contributed by atoms with van der Waals surface area (Å²) in [5.74, 6) is 0.873. The summed E-state index contributed by atoms with van der Waals surface area (Å²) >= 11 is 0. The smallest absolute Gasteiger partial charge is 0.281 e. The Labute approximate surface area is 264 Å². The van der Waals surface area contributed by atoms with Crippen molar-refractivity contribution in [2.45, 2.75) is 94.7 Å². The SMILES string of the molecule is CC(C)OC1CC(Oc2ccc3c(n2)N2CC4(CC4C[C@H](c4ccccn4)Nc4cccc(n4)S(=O)(=O)NC3=O)CC2(C)C)C1. The molecule has 3 fully saturated rings. The van der Waals surface area contributed by atoms with Crippen LogP contribution in [-0.2, 0) is 14.8 Å². The van der Waals surface area contributed by atoms with Crippen molar-refractivity contribution in [2.24, 2.45) is 11.3 Å². The molecule has 2 saturated carbocycles. The molecule has 12 heteroatoms. The molecular weight excluding hydrogens is 592 g/mol. The highest BCUT2D eigenvalue weighted by Crippen LogP contribution is 2.65. The van der Waals surface area contributed by atoms with Crippen molar-refractivity contribution in [1.82, 2.24) is 19.7 Å². The number of carbonyl (C=O) groups excluding carboxylic acids is 1. The third-order valence-electron chi connectivity index (χ3n) is 9.61. The first-order valence-electron chi connectivity index (χ1n) is 15.7. The third-order valence-corrected chi connectivity index (χ3v) is 10.8. The lowest BCUT2D eigenvalue weighted by molar-refractivity contribution is -0.0859. The molecule has 1 spiro atoms. The van der Waals surface area contributed by atoms with Gasteiger partial charge in [0.05, 0.1) is 29.5 Å². The van der Waals surface area contributed by atoms with E-state index in [-0.39, 0.29) is 45.9 Å². The van der Waals surface area contributed by atoms with E-state index in [1.54, 1.807) is 30.5 Å².